The number of methoxy groups -OCH3 is 1. The zero-order valence-corrected chi connectivity index (χ0v) is 10.9. The van der Waals surface area contributed by atoms with E-state index in [0.717, 1.165) is 31.6 Å². The number of phenols is 1. The van der Waals surface area contributed by atoms with E-state index in [2.05, 4.69) is 24.3 Å². The molecular formula is C13H22N2O2. The van der Waals surface area contributed by atoms with Crippen LogP contribution in [0, 0.1) is 0 Å². The topological polar surface area (TPSA) is 44.7 Å². The molecule has 4 heteroatoms. The third kappa shape index (κ3) is 5.06. The standard InChI is InChI=1S/C13H22N2O2/c1-15(2)8-4-7-14-10-11-5-6-12(16)13(9-11)17-3/h5-6,9,14,16H,4,7-8,10H2,1-3H3. The quantitative estimate of drug-likeness (QED) is 0.706. The average molecular weight is 238 g/mol. The molecule has 0 fully saturated rings. The van der Waals surface area contributed by atoms with E-state index in [1.54, 1.807) is 13.2 Å². The van der Waals surface area contributed by atoms with E-state index in [1.165, 1.54) is 0 Å². The number of phenolic OH excluding ortho intramolecular Hbond substituents is 1. The molecule has 0 atom stereocenters. The summed E-state index contributed by atoms with van der Waals surface area (Å²) in [6.45, 7) is 2.87. The van der Waals surface area contributed by atoms with Crippen molar-refractivity contribution in [1.29, 1.82) is 0 Å². The van der Waals surface area contributed by atoms with E-state index in [0.29, 0.717) is 5.75 Å². The molecule has 4 nitrogen and oxygen atoms in total. The zero-order chi connectivity index (χ0) is 12.7. The van der Waals surface area contributed by atoms with Gasteiger partial charge in [0.1, 0.15) is 0 Å². The van der Waals surface area contributed by atoms with Gasteiger partial charge in [0.15, 0.2) is 11.5 Å². The van der Waals surface area contributed by atoms with Crippen molar-refractivity contribution in [3.8, 4) is 11.5 Å². The van der Waals surface area contributed by atoms with Crippen molar-refractivity contribution in [2.75, 3.05) is 34.3 Å². The molecule has 1 rings (SSSR count). The second kappa shape index (κ2) is 7.14. The normalized spacial score (nSPS) is 10.8. The maximum Gasteiger partial charge on any atom is 0.160 e. The van der Waals surface area contributed by atoms with E-state index in [-0.39, 0.29) is 5.75 Å². The highest BCUT2D eigenvalue weighted by Crippen LogP contribution is 2.25. The maximum atomic E-state index is 9.45. The second-order valence-electron chi connectivity index (χ2n) is 4.34. The summed E-state index contributed by atoms with van der Waals surface area (Å²) in [5, 5.41) is 12.8. The summed E-state index contributed by atoms with van der Waals surface area (Å²) in [4.78, 5) is 2.17. The lowest BCUT2D eigenvalue weighted by molar-refractivity contribution is 0.372. The Labute approximate surface area is 103 Å². The molecule has 0 saturated carbocycles. The number of nitrogens with zero attached hydrogens (tertiary/aromatic N) is 1. The van der Waals surface area contributed by atoms with Crippen LogP contribution >= 0.6 is 0 Å². The lowest BCUT2D eigenvalue weighted by Gasteiger charge is -2.10. The number of nitrogens with one attached hydrogen (secondary N) is 1. The van der Waals surface area contributed by atoms with Crippen LogP contribution in [0.4, 0.5) is 0 Å². The van der Waals surface area contributed by atoms with Crippen LogP contribution in [0.15, 0.2) is 18.2 Å². The first-order chi connectivity index (χ1) is 8.13. The summed E-state index contributed by atoms with van der Waals surface area (Å²) in [7, 11) is 5.71. The molecule has 1 aromatic carbocycles. The van der Waals surface area contributed by atoms with Crippen molar-refractivity contribution in [3.63, 3.8) is 0 Å². The monoisotopic (exact) mass is 238 g/mol. The number of aromatic hydroxyl groups is 1. The van der Waals surface area contributed by atoms with Gasteiger partial charge in [0.2, 0.25) is 0 Å². The van der Waals surface area contributed by atoms with Crippen LogP contribution in [0.5, 0.6) is 11.5 Å². The van der Waals surface area contributed by atoms with Crippen LogP contribution in [0.25, 0.3) is 0 Å². The van der Waals surface area contributed by atoms with Gasteiger partial charge in [-0.3, -0.25) is 0 Å². The van der Waals surface area contributed by atoms with Gasteiger partial charge >= 0.3 is 0 Å². The molecule has 0 saturated heterocycles. The summed E-state index contributed by atoms with van der Waals surface area (Å²) in [5.74, 6) is 0.710. The molecule has 1 aromatic rings. The molecule has 96 valence electrons. The Kier molecular flexibility index (Phi) is 5.80. The van der Waals surface area contributed by atoms with E-state index < -0.39 is 0 Å². The van der Waals surface area contributed by atoms with Gasteiger partial charge in [0, 0.05) is 6.54 Å². The van der Waals surface area contributed by atoms with Crippen LogP contribution < -0.4 is 10.1 Å². The van der Waals surface area contributed by atoms with Crippen LogP contribution in [-0.2, 0) is 6.54 Å². The fraction of sp³-hybridized carbons (Fsp3) is 0.538. The molecule has 0 heterocycles. The van der Waals surface area contributed by atoms with Crippen LogP contribution in [0.2, 0.25) is 0 Å². The van der Waals surface area contributed by atoms with Gasteiger partial charge in [-0.1, -0.05) is 6.07 Å². The Morgan fingerprint density at radius 2 is 2.12 bits per heavy atom. The van der Waals surface area contributed by atoms with Crippen molar-refractivity contribution < 1.29 is 9.84 Å². The number of hydrogen-bond donors (Lipinski definition) is 2. The number of hydrogen-bond acceptors (Lipinski definition) is 4. The Bertz CT molecular complexity index is 340. The highest BCUT2D eigenvalue weighted by molar-refractivity contribution is 5.41. The van der Waals surface area contributed by atoms with Crippen molar-refractivity contribution in [2.24, 2.45) is 0 Å². The van der Waals surface area contributed by atoms with E-state index >= 15 is 0 Å². The minimum atomic E-state index is 0.184. The first-order valence-corrected chi connectivity index (χ1v) is 5.85. The van der Waals surface area contributed by atoms with Gasteiger partial charge in [-0.15, -0.1) is 0 Å². The van der Waals surface area contributed by atoms with Gasteiger partial charge < -0.3 is 20.1 Å². The molecule has 0 spiro atoms. The Balaban J connectivity index is 2.32. The Morgan fingerprint density at radius 1 is 1.35 bits per heavy atom. The van der Waals surface area contributed by atoms with E-state index in [4.69, 9.17) is 4.74 Å². The smallest absolute Gasteiger partial charge is 0.160 e. The average Bonchev–Trinajstić information content (AvgIpc) is 2.30. The highest BCUT2D eigenvalue weighted by atomic mass is 16.5. The van der Waals surface area contributed by atoms with Crippen LogP contribution in [0.1, 0.15) is 12.0 Å². The summed E-state index contributed by atoms with van der Waals surface area (Å²) >= 11 is 0. The van der Waals surface area contributed by atoms with Crippen molar-refractivity contribution in [2.45, 2.75) is 13.0 Å². The SMILES string of the molecule is COc1cc(CNCCCN(C)C)ccc1O. The van der Waals surface area contributed by atoms with Gasteiger partial charge in [-0.2, -0.15) is 0 Å². The fourth-order valence-corrected chi connectivity index (χ4v) is 1.59. The molecule has 0 unspecified atom stereocenters. The molecule has 0 amide bonds. The molecule has 0 bridgehead atoms. The maximum absolute atomic E-state index is 9.45. The first kappa shape index (κ1) is 13.8. The summed E-state index contributed by atoms with van der Waals surface area (Å²) < 4.78 is 5.06. The van der Waals surface area contributed by atoms with Crippen LogP contribution in [-0.4, -0.2) is 44.3 Å². The lowest BCUT2D eigenvalue weighted by Crippen LogP contribution is -2.20. The molecule has 0 aliphatic rings. The zero-order valence-electron chi connectivity index (χ0n) is 10.9. The summed E-state index contributed by atoms with van der Waals surface area (Å²) in [5.41, 5.74) is 1.12. The van der Waals surface area contributed by atoms with Crippen molar-refractivity contribution >= 4 is 0 Å². The summed E-state index contributed by atoms with van der Waals surface area (Å²) in [6, 6.07) is 5.42. The van der Waals surface area contributed by atoms with E-state index in [1.807, 2.05) is 12.1 Å². The molecule has 0 aliphatic carbocycles. The lowest BCUT2D eigenvalue weighted by atomic mass is 10.2. The molecular weight excluding hydrogens is 216 g/mol. The Morgan fingerprint density at radius 3 is 2.76 bits per heavy atom. The molecule has 2 N–H and O–H groups in total. The van der Waals surface area contributed by atoms with Crippen molar-refractivity contribution in [3.05, 3.63) is 23.8 Å². The highest BCUT2D eigenvalue weighted by Gasteiger charge is 2.02. The van der Waals surface area contributed by atoms with Gasteiger partial charge in [-0.05, 0) is 51.3 Å². The number of ether oxygens (including phenoxy) is 1. The van der Waals surface area contributed by atoms with Gasteiger partial charge in [-0.25, -0.2) is 0 Å². The molecule has 0 radical (unpaired) electrons. The van der Waals surface area contributed by atoms with E-state index in [9.17, 15) is 5.11 Å². The van der Waals surface area contributed by atoms with Gasteiger partial charge in [0.25, 0.3) is 0 Å². The minimum absolute atomic E-state index is 0.184. The second-order valence-corrected chi connectivity index (χ2v) is 4.34. The molecule has 17 heavy (non-hydrogen) atoms. The molecule has 0 aromatic heterocycles. The Hall–Kier alpha value is -1.26. The number of benzene rings is 1. The fourth-order valence-electron chi connectivity index (χ4n) is 1.59. The minimum Gasteiger partial charge on any atom is -0.504 e. The van der Waals surface area contributed by atoms with Crippen molar-refractivity contribution in [1.82, 2.24) is 10.2 Å². The first-order valence-electron chi connectivity index (χ1n) is 5.85. The van der Waals surface area contributed by atoms with Crippen LogP contribution in [0.3, 0.4) is 0 Å². The predicted molar refractivity (Wildman–Crippen MR) is 69.5 cm³/mol. The number of rotatable bonds is 7. The largest absolute Gasteiger partial charge is 0.504 e. The predicted octanol–water partition coefficient (Wildman–Crippen LogP) is 1.44. The third-order valence-electron chi connectivity index (χ3n) is 2.53. The third-order valence-corrected chi connectivity index (χ3v) is 2.53. The molecule has 0 aliphatic heterocycles. The van der Waals surface area contributed by atoms with Gasteiger partial charge in [0.05, 0.1) is 7.11 Å². The summed E-state index contributed by atoms with van der Waals surface area (Å²) in [6.07, 6.45) is 1.13.